The van der Waals surface area contributed by atoms with Gasteiger partial charge < -0.3 is 5.32 Å². The molecule has 0 bridgehead atoms. The number of hydrogen-bond donors (Lipinski definition) is 1. The summed E-state index contributed by atoms with van der Waals surface area (Å²) in [7, 11) is -1.75. The van der Waals surface area contributed by atoms with Crippen LogP contribution in [-0.2, 0) is 16.6 Å². The summed E-state index contributed by atoms with van der Waals surface area (Å²) in [4.78, 5) is 0.324. The van der Waals surface area contributed by atoms with Crippen LogP contribution in [0.1, 0.15) is 31.7 Å². The second-order valence-electron chi connectivity index (χ2n) is 5.18. The second-order valence-corrected chi connectivity index (χ2v) is 7.59. The highest BCUT2D eigenvalue weighted by Gasteiger charge is 2.35. The molecule has 20 heavy (non-hydrogen) atoms. The van der Waals surface area contributed by atoms with E-state index in [2.05, 4.69) is 12.2 Å². The smallest absolute Gasteiger partial charge is 0.243 e. The van der Waals surface area contributed by atoms with Crippen LogP contribution >= 0.6 is 11.6 Å². The number of nitrogens with one attached hydrogen (secondary N) is 1. The number of hydrogen-bond acceptors (Lipinski definition) is 3. The first-order valence-corrected chi connectivity index (χ1v) is 8.75. The van der Waals surface area contributed by atoms with Crippen LogP contribution in [-0.4, -0.2) is 32.4 Å². The average molecular weight is 317 g/mol. The SMILES string of the molecule is CCCNCc1cc(S(=O)(=O)N(C)C2CC2)ccc1Cl. The maximum Gasteiger partial charge on any atom is 0.243 e. The van der Waals surface area contributed by atoms with Gasteiger partial charge in [0.1, 0.15) is 0 Å². The van der Waals surface area contributed by atoms with Crippen LogP contribution in [0.3, 0.4) is 0 Å². The van der Waals surface area contributed by atoms with Gasteiger partial charge in [-0.25, -0.2) is 8.42 Å². The molecule has 1 N–H and O–H groups in total. The zero-order valence-electron chi connectivity index (χ0n) is 11.9. The summed E-state index contributed by atoms with van der Waals surface area (Å²) in [5.74, 6) is 0. The number of sulfonamides is 1. The second kappa shape index (κ2) is 6.43. The van der Waals surface area contributed by atoms with Gasteiger partial charge in [-0.1, -0.05) is 18.5 Å². The number of nitrogens with zero attached hydrogens (tertiary/aromatic N) is 1. The third kappa shape index (κ3) is 3.52. The molecule has 112 valence electrons. The van der Waals surface area contributed by atoms with Gasteiger partial charge in [0.05, 0.1) is 4.90 Å². The van der Waals surface area contributed by atoms with E-state index in [1.54, 1.807) is 25.2 Å². The lowest BCUT2D eigenvalue weighted by molar-refractivity contribution is 0.464. The number of rotatable bonds is 7. The first-order valence-electron chi connectivity index (χ1n) is 6.94. The minimum absolute atomic E-state index is 0.164. The van der Waals surface area contributed by atoms with Crippen molar-refractivity contribution < 1.29 is 8.42 Å². The molecule has 1 fully saturated rings. The van der Waals surface area contributed by atoms with E-state index in [1.807, 2.05) is 0 Å². The van der Waals surface area contributed by atoms with Gasteiger partial charge in [-0.15, -0.1) is 0 Å². The number of benzene rings is 1. The molecule has 0 amide bonds. The molecule has 4 nitrogen and oxygen atoms in total. The summed E-state index contributed by atoms with van der Waals surface area (Å²) in [6.07, 6.45) is 2.93. The molecule has 1 aromatic rings. The Bertz CT molecular complexity index is 571. The lowest BCUT2D eigenvalue weighted by Crippen LogP contribution is -2.29. The third-order valence-corrected chi connectivity index (χ3v) is 5.77. The molecule has 0 aromatic heterocycles. The summed E-state index contributed by atoms with van der Waals surface area (Å²) in [6, 6.07) is 5.09. The molecule has 0 aliphatic heterocycles. The van der Waals surface area contributed by atoms with Crippen LogP contribution in [0.2, 0.25) is 5.02 Å². The van der Waals surface area contributed by atoms with Crippen molar-refractivity contribution in [3.63, 3.8) is 0 Å². The van der Waals surface area contributed by atoms with Gasteiger partial charge >= 0.3 is 0 Å². The van der Waals surface area contributed by atoms with Gasteiger partial charge in [0.2, 0.25) is 10.0 Å². The van der Waals surface area contributed by atoms with Crippen molar-refractivity contribution in [2.75, 3.05) is 13.6 Å². The molecule has 0 radical (unpaired) electrons. The van der Waals surface area contributed by atoms with E-state index < -0.39 is 10.0 Å². The molecule has 0 heterocycles. The first kappa shape index (κ1) is 15.8. The van der Waals surface area contributed by atoms with Gasteiger partial charge in [-0.05, 0) is 49.6 Å². The lowest BCUT2D eigenvalue weighted by atomic mass is 10.2. The monoisotopic (exact) mass is 316 g/mol. The van der Waals surface area contributed by atoms with Crippen molar-refractivity contribution in [2.45, 2.75) is 43.7 Å². The molecule has 0 spiro atoms. The Morgan fingerprint density at radius 2 is 2.10 bits per heavy atom. The van der Waals surface area contributed by atoms with Crippen LogP contribution in [0.5, 0.6) is 0 Å². The third-order valence-electron chi connectivity index (χ3n) is 3.50. The van der Waals surface area contributed by atoms with Crippen molar-refractivity contribution in [3.05, 3.63) is 28.8 Å². The van der Waals surface area contributed by atoms with E-state index in [1.165, 1.54) is 4.31 Å². The molecule has 0 unspecified atom stereocenters. The van der Waals surface area contributed by atoms with Crippen molar-refractivity contribution in [1.29, 1.82) is 0 Å². The van der Waals surface area contributed by atoms with Crippen LogP contribution in [0, 0.1) is 0 Å². The van der Waals surface area contributed by atoms with Crippen LogP contribution in [0.4, 0.5) is 0 Å². The fraction of sp³-hybridized carbons (Fsp3) is 0.571. The quantitative estimate of drug-likeness (QED) is 0.787. The van der Waals surface area contributed by atoms with Crippen molar-refractivity contribution in [1.82, 2.24) is 9.62 Å². The van der Waals surface area contributed by atoms with Crippen LogP contribution < -0.4 is 5.32 Å². The Morgan fingerprint density at radius 1 is 1.40 bits per heavy atom. The van der Waals surface area contributed by atoms with Crippen molar-refractivity contribution in [3.8, 4) is 0 Å². The summed E-state index contributed by atoms with van der Waals surface area (Å²) >= 11 is 6.13. The van der Waals surface area contributed by atoms with E-state index >= 15 is 0 Å². The van der Waals surface area contributed by atoms with E-state index in [-0.39, 0.29) is 6.04 Å². The molecular formula is C14H21ClN2O2S. The normalized spacial score (nSPS) is 15.8. The van der Waals surface area contributed by atoms with E-state index in [9.17, 15) is 8.42 Å². The predicted molar refractivity (Wildman–Crippen MR) is 81.4 cm³/mol. The average Bonchev–Trinajstić information content (AvgIpc) is 3.24. The molecule has 0 saturated heterocycles. The fourth-order valence-corrected chi connectivity index (χ4v) is 3.70. The molecule has 1 aliphatic carbocycles. The summed E-state index contributed by atoms with van der Waals surface area (Å²) in [5, 5.41) is 3.84. The number of halogens is 1. The highest BCUT2D eigenvalue weighted by atomic mass is 35.5. The van der Waals surface area contributed by atoms with Gasteiger partial charge in [0, 0.05) is 24.7 Å². The Kier molecular flexibility index (Phi) is 5.07. The largest absolute Gasteiger partial charge is 0.313 e. The summed E-state index contributed by atoms with van der Waals surface area (Å²) < 4.78 is 26.4. The maximum atomic E-state index is 12.5. The highest BCUT2D eigenvalue weighted by molar-refractivity contribution is 7.89. The maximum absolute atomic E-state index is 12.5. The van der Waals surface area contributed by atoms with Crippen LogP contribution in [0.15, 0.2) is 23.1 Å². The summed E-state index contributed by atoms with van der Waals surface area (Å²) in [5.41, 5.74) is 0.824. The van der Waals surface area contributed by atoms with Crippen molar-refractivity contribution >= 4 is 21.6 Å². The molecule has 1 aromatic carbocycles. The van der Waals surface area contributed by atoms with Crippen molar-refractivity contribution in [2.24, 2.45) is 0 Å². The summed E-state index contributed by atoms with van der Waals surface area (Å²) in [6.45, 7) is 3.55. The Labute approximate surface area is 126 Å². The van der Waals surface area contributed by atoms with E-state index in [4.69, 9.17) is 11.6 Å². The zero-order chi connectivity index (χ0) is 14.8. The van der Waals surface area contributed by atoms with Gasteiger partial charge in [0.15, 0.2) is 0 Å². The topological polar surface area (TPSA) is 49.4 Å². The fourth-order valence-electron chi connectivity index (χ4n) is 2.05. The standard InChI is InChI=1S/C14H21ClN2O2S/c1-3-8-16-10-11-9-13(6-7-14(11)15)20(18,19)17(2)12-4-5-12/h6-7,9,12,16H,3-5,8,10H2,1-2H3. The van der Waals surface area contributed by atoms with Gasteiger partial charge in [0.25, 0.3) is 0 Å². The van der Waals surface area contributed by atoms with Crippen LogP contribution in [0.25, 0.3) is 0 Å². The van der Waals surface area contributed by atoms with Gasteiger partial charge in [-0.2, -0.15) is 4.31 Å². The van der Waals surface area contributed by atoms with E-state index in [0.29, 0.717) is 16.5 Å². The molecule has 1 saturated carbocycles. The minimum Gasteiger partial charge on any atom is -0.313 e. The molecule has 6 heteroatoms. The minimum atomic E-state index is -3.40. The molecule has 2 rings (SSSR count). The molecule has 0 atom stereocenters. The van der Waals surface area contributed by atoms with Gasteiger partial charge in [-0.3, -0.25) is 0 Å². The first-order chi connectivity index (χ1) is 9.46. The molecular weight excluding hydrogens is 296 g/mol. The highest BCUT2D eigenvalue weighted by Crippen LogP contribution is 2.31. The van der Waals surface area contributed by atoms with E-state index in [0.717, 1.165) is 31.4 Å². The Hall–Kier alpha value is -0.620. The Morgan fingerprint density at radius 3 is 2.70 bits per heavy atom. The predicted octanol–water partition coefficient (Wildman–Crippen LogP) is 2.62. The lowest BCUT2D eigenvalue weighted by Gasteiger charge is -2.17. The Balaban J connectivity index is 2.21. The molecule has 1 aliphatic rings. The zero-order valence-corrected chi connectivity index (χ0v) is 13.5.